The number of rotatable bonds is 4. The number of benzene rings is 3. The molecular formula is C22H16N2O6. The van der Waals surface area contributed by atoms with Crippen molar-refractivity contribution >= 4 is 39.4 Å². The number of nitrogens with zero attached hydrogens (tertiary/aromatic N) is 1. The number of methoxy groups -OCH3 is 2. The SMILES string of the molecule is COC(=O)c1c(-c2ccccc2[N+](=O)[O-])cc2[nH]c3ccccc3c2c1C(=O)OC. The van der Waals surface area contributed by atoms with Crippen LogP contribution in [0.2, 0.25) is 0 Å². The number of hydrogen-bond acceptors (Lipinski definition) is 6. The summed E-state index contributed by atoms with van der Waals surface area (Å²) in [5.41, 5.74) is 1.38. The number of esters is 2. The van der Waals surface area contributed by atoms with Crippen molar-refractivity contribution in [3.63, 3.8) is 0 Å². The average molecular weight is 404 g/mol. The van der Waals surface area contributed by atoms with Crippen LogP contribution in [0.1, 0.15) is 20.7 Å². The van der Waals surface area contributed by atoms with Crippen LogP contribution in [0.5, 0.6) is 0 Å². The third-order valence-corrected chi connectivity index (χ3v) is 4.96. The molecule has 0 saturated carbocycles. The zero-order chi connectivity index (χ0) is 21.4. The molecule has 0 saturated heterocycles. The maximum atomic E-state index is 12.8. The molecule has 150 valence electrons. The van der Waals surface area contributed by atoms with Gasteiger partial charge < -0.3 is 14.5 Å². The number of ether oxygens (including phenoxy) is 2. The number of aromatic amines is 1. The molecule has 0 amide bonds. The Hall–Kier alpha value is -4.20. The van der Waals surface area contributed by atoms with Crippen LogP contribution in [0.25, 0.3) is 32.9 Å². The summed E-state index contributed by atoms with van der Waals surface area (Å²) in [6.45, 7) is 0. The first-order valence-corrected chi connectivity index (χ1v) is 8.95. The Bertz CT molecular complexity index is 1340. The highest BCUT2D eigenvalue weighted by atomic mass is 16.6. The van der Waals surface area contributed by atoms with Gasteiger partial charge in [-0.1, -0.05) is 30.3 Å². The molecule has 0 atom stereocenters. The van der Waals surface area contributed by atoms with Gasteiger partial charge >= 0.3 is 11.9 Å². The fourth-order valence-electron chi connectivity index (χ4n) is 3.71. The van der Waals surface area contributed by atoms with Crippen molar-refractivity contribution in [3.8, 4) is 11.1 Å². The standard InChI is InChI=1S/C22H16N2O6/c1-29-21(25)19-14(12-7-4-6-10-17(12)24(27)28)11-16-18(20(19)22(26)30-2)13-8-3-5-9-15(13)23-16/h3-11,23H,1-2H3. The van der Waals surface area contributed by atoms with E-state index >= 15 is 0 Å². The summed E-state index contributed by atoms with van der Waals surface area (Å²) in [4.78, 5) is 39.9. The minimum atomic E-state index is -0.796. The molecule has 8 heteroatoms. The molecule has 0 radical (unpaired) electrons. The number of nitrogens with one attached hydrogen (secondary N) is 1. The van der Waals surface area contributed by atoms with Crippen LogP contribution in [0.4, 0.5) is 5.69 Å². The summed E-state index contributed by atoms with van der Waals surface area (Å²) in [7, 11) is 2.40. The van der Waals surface area contributed by atoms with E-state index in [1.807, 2.05) is 24.3 Å². The Morgan fingerprint density at radius 2 is 1.50 bits per heavy atom. The minimum absolute atomic E-state index is 0.00699. The quantitative estimate of drug-likeness (QED) is 0.305. The highest BCUT2D eigenvalue weighted by Gasteiger charge is 2.30. The molecular weight excluding hydrogens is 388 g/mol. The van der Waals surface area contributed by atoms with E-state index < -0.39 is 16.9 Å². The normalized spacial score (nSPS) is 10.9. The molecule has 8 nitrogen and oxygen atoms in total. The topological polar surface area (TPSA) is 112 Å². The van der Waals surface area contributed by atoms with Gasteiger partial charge in [0.1, 0.15) is 0 Å². The third kappa shape index (κ3) is 2.86. The van der Waals surface area contributed by atoms with Gasteiger partial charge in [-0.3, -0.25) is 10.1 Å². The van der Waals surface area contributed by atoms with E-state index in [9.17, 15) is 19.7 Å². The smallest absolute Gasteiger partial charge is 0.339 e. The van der Waals surface area contributed by atoms with Gasteiger partial charge in [-0.2, -0.15) is 0 Å². The van der Waals surface area contributed by atoms with Gasteiger partial charge in [0, 0.05) is 33.4 Å². The first-order chi connectivity index (χ1) is 14.5. The predicted molar refractivity (Wildman–Crippen MR) is 111 cm³/mol. The van der Waals surface area contributed by atoms with Crippen LogP contribution in [-0.2, 0) is 9.47 Å². The second-order valence-corrected chi connectivity index (χ2v) is 6.52. The Morgan fingerprint density at radius 3 is 2.20 bits per heavy atom. The van der Waals surface area contributed by atoms with E-state index in [1.165, 1.54) is 32.4 Å². The summed E-state index contributed by atoms with van der Waals surface area (Å²) in [6.07, 6.45) is 0. The Balaban J connectivity index is 2.24. The van der Waals surface area contributed by atoms with E-state index in [2.05, 4.69) is 4.98 Å². The number of para-hydroxylation sites is 2. The molecule has 0 bridgehead atoms. The lowest BCUT2D eigenvalue weighted by atomic mass is 9.91. The summed E-state index contributed by atoms with van der Waals surface area (Å²) < 4.78 is 9.92. The zero-order valence-electron chi connectivity index (χ0n) is 16.1. The molecule has 0 spiro atoms. The number of nitro groups is 1. The molecule has 0 fully saturated rings. The summed E-state index contributed by atoms with van der Waals surface area (Å²) in [5.74, 6) is -1.54. The molecule has 1 N–H and O–H groups in total. The fraction of sp³-hybridized carbons (Fsp3) is 0.0909. The maximum Gasteiger partial charge on any atom is 0.339 e. The van der Waals surface area contributed by atoms with E-state index in [4.69, 9.17) is 9.47 Å². The number of carbonyl (C=O) groups is 2. The van der Waals surface area contributed by atoms with E-state index in [-0.39, 0.29) is 27.9 Å². The molecule has 4 rings (SSSR count). The minimum Gasteiger partial charge on any atom is -0.465 e. The number of hydrogen-bond donors (Lipinski definition) is 1. The molecule has 0 unspecified atom stereocenters. The lowest BCUT2D eigenvalue weighted by molar-refractivity contribution is -0.384. The average Bonchev–Trinajstić information content (AvgIpc) is 3.14. The van der Waals surface area contributed by atoms with E-state index in [0.29, 0.717) is 16.3 Å². The molecule has 3 aromatic carbocycles. The van der Waals surface area contributed by atoms with Gasteiger partial charge in [-0.05, 0) is 18.2 Å². The Morgan fingerprint density at radius 1 is 0.867 bits per heavy atom. The van der Waals surface area contributed by atoms with Crippen molar-refractivity contribution in [2.75, 3.05) is 14.2 Å². The number of fused-ring (bicyclic) bond motifs is 3. The largest absolute Gasteiger partial charge is 0.465 e. The predicted octanol–water partition coefficient (Wildman–Crippen LogP) is 4.47. The van der Waals surface area contributed by atoms with Gasteiger partial charge in [-0.15, -0.1) is 0 Å². The summed E-state index contributed by atoms with van der Waals surface area (Å²) in [6, 6.07) is 14.9. The van der Waals surface area contributed by atoms with Gasteiger partial charge in [-0.25, -0.2) is 9.59 Å². The van der Waals surface area contributed by atoms with Gasteiger partial charge in [0.2, 0.25) is 0 Å². The van der Waals surface area contributed by atoms with Crippen LogP contribution in [0.15, 0.2) is 54.6 Å². The van der Waals surface area contributed by atoms with Crippen molar-refractivity contribution in [2.45, 2.75) is 0 Å². The van der Waals surface area contributed by atoms with Crippen molar-refractivity contribution in [1.29, 1.82) is 0 Å². The van der Waals surface area contributed by atoms with Crippen LogP contribution >= 0.6 is 0 Å². The summed E-state index contributed by atoms with van der Waals surface area (Å²) >= 11 is 0. The number of carbonyl (C=O) groups excluding carboxylic acids is 2. The molecule has 1 heterocycles. The number of H-pyrrole nitrogens is 1. The van der Waals surface area contributed by atoms with Gasteiger partial charge in [0.25, 0.3) is 5.69 Å². The first-order valence-electron chi connectivity index (χ1n) is 8.95. The number of nitro benzene ring substituents is 1. The van der Waals surface area contributed by atoms with Crippen molar-refractivity contribution in [1.82, 2.24) is 4.98 Å². The lowest BCUT2D eigenvalue weighted by Gasteiger charge is -2.14. The zero-order valence-corrected chi connectivity index (χ0v) is 16.1. The highest BCUT2D eigenvalue weighted by Crippen LogP contribution is 2.40. The Kier molecular flexibility index (Phi) is 4.67. The van der Waals surface area contributed by atoms with Crippen LogP contribution in [0, 0.1) is 10.1 Å². The summed E-state index contributed by atoms with van der Waals surface area (Å²) in [5, 5.41) is 12.8. The molecule has 0 aliphatic rings. The highest BCUT2D eigenvalue weighted by molar-refractivity contribution is 6.23. The fourth-order valence-corrected chi connectivity index (χ4v) is 3.71. The number of aromatic nitrogens is 1. The van der Waals surface area contributed by atoms with Crippen molar-refractivity contribution < 1.29 is 24.0 Å². The van der Waals surface area contributed by atoms with E-state index in [1.54, 1.807) is 12.1 Å². The second kappa shape index (κ2) is 7.32. The van der Waals surface area contributed by atoms with Crippen LogP contribution in [0.3, 0.4) is 0 Å². The molecule has 0 aliphatic carbocycles. The van der Waals surface area contributed by atoms with Crippen LogP contribution < -0.4 is 0 Å². The maximum absolute atomic E-state index is 12.8. The monoisotopic (exact) mass is 404 g/mol. The molecule has 30 heavy (non-hydrogen) atoms. The lowest BCUT2D eigenvalue weighted by Crippen LogP contribution is -2.14. The third-order valence-electron chi connectivity index (χ3n) is 4.96. The van der Waals surface area contributed by atoms with Crippen molar-refractivity contribution in [2.24, 2.45) is 0 Å². The molecule has 4 aromatic rings. The second-order valence-electron chi connectivity index (χ2n) is 6.52. The van der Waals surface area contributed by atoms with Gasteiger partial charge in [0.15, 0.2) is 0 Å². The molecule has 1 aromatic heterocycles. The van der Waals surface area contributed by atoms with E-state index in [0.717, 1.165) is 5.52 Å². The van der Waals surface area contributed by atoms with Crippen LogP contribution in [-0.4, -0.2) is 36.1 Å². The molecule has 0 aliphatic heterocycles. The Labute approximate surface area is 170 Å². The first kappa shape index (κ1) is 19.1. The van der Waals surface area contributed by atoms with Crippen molar-refractivity contribution in [3.05, 3.63) is 75.8 Å². The van der Waals surface area contributed by atoms with Gasteiger partial charge in [0.05, 0.1) is 35.8 Å².